The molecule has 0 saturated heterocycles. The molecule has 0 spiro atoms. The highest BCUT2D eigenvalue weighted by atomic mass is 35.5. The van der Waals surface area contributed by atoms with E-state index in [-0.39, 0.29) is 18.1 Å². The lowest BCUT2D eigenvalue weighted by Gasteiger charge is -2.14. The monoisotopic (exact) mass is 380 g/mol. The van der Waals surface area contributed by atoms with Crippen molar-refractivity contribution in [1.29, 1.82) is 0 Å². The molecule has 1 aliphatic carbocycles. The molecule has 0 radical (unpaired) electrons. The summed E-state index contributed by atoms with van der Waals surface area (Å²) in [7, 11) is 0. The molecule has 26 heavy (non-hydrogen) atoms. The normalized spacial score (nSPS) is 19.5. The molecule has 0 aromatic carbocycles. The third-order valence-electron chi connectivity index (χ3n) is 4.87. The SMILES string of the molecule is CC(C)=CCCC(C)CCC1C=C(Cl)C(=O)/C1=C\CCCCCC(=O)O. The summed E-state index contributed by atoms with van der Waals surface area (Å²) in [6, 6.07) is 0. The van der Waals surface area contributed by atoms with E-state index in [2.05, 4.69) is 26.8 Å². The molecule has 0 aliphatic heterocycles. The third-order valence-corrected chi connectivity index (χ3v) is 5.17. The minimum absolute atomic E-state index is 0.0283. The maximum atomic E-state index is 12.3. The van der Waals surface area contributed by atoms with Crippen molar-refractivity contribution < 1.29 is 14.7 Å². The molecule has 4 heteroatoms. The first-order valence-corrected chi connectivity index (χ1v) is 10.2. The Balaban J connectivity index is 2.43. The first kappa shape index (κ1) is 22.7. The average molecular weight is 381 g/mol. The molecule has 3 nitrogen and oxygen atoms in total. The van der Waals surface area contributed by atoms with E-state index in [1.807, 2.05) is 12.2 Å². The molecule has 1 aliphatic rings. The van der Waals surface area contributed by atoms with E-state index in [0.717, 1.165) is 44.1 Å². The summed E-state index contributed by atoms with van der Waals surface area (Å²) in [6.07, 6.45) is 14.0. The van der Waals surface area contributed by atoms with Crippen LogP contribution in [0.3, 0.4) is 0 Å². The van der Waals surface area contributed by atoms with Gasteiger partial charge in [0.1, 0.15) is 0 Å². The van der Waals surface area contributed by atoms with Gasteiger partial charge in [0.25, 0.3) is 0 Å². The van der Waals surface area contributed by atoms with Gasteiger partial charge in [-0.2, -0.15) is 0 Å². The van der Waals surface area contributed by atoms with Crippen molar-refractivity contribution in [3.63, 3.8) is 0 Å². The van der Waals surface area contributed by atoms with E-state index < -0.39 is 5.97 Å². The Bertz CT molecular complexity index is 568. The van der Waals surface area contributed by atoms with Gasteiger partial charge in [-0.15, -0.1) is 0 Å². The van der Waals surface area contributed by atoms with Crippen molar-refractivity contribution in [2.45, 2.75) is 78.6 Å². The molecule has 1 N–H and O–H groups in total. The second-order valence-corrected chi connectivity index (χ2v) is 8.05. The standard InChI is InChI=1S/C22H33ClO3/c1-16(2)9-8-10-17(3)13-14-18-15-20(23)22(26)19(18)11-6-4-5-7-12-21(24)25/h9,11,15,17-18H,4-8,10,12-14H2,1-3H3,(H,24,25)/b19-11-. The predicted molar refractivity (Wildman–Crippen MR) is 108 cm³/mol. The van der Waals surface area contributed by atoms with Crippen LogP contribution >= 0.6 is 11.6 Å². The van der Waals surface area contributed by atoms with Crippen LogP contribution < -0.4 is 0 Å². The first-order valence-electron chi connectivity index (χ1n) is 9.78. The molecule has 0 amide bonds. The largest absolute Gasteiger partial charge is 0.481 e. The fourth-order valence-electron chi connectivity index (χ4n) is 3.25. The number of carbonyl (C=O) groups is 2. The van der Waals surface area contributed by atoms with Crippen LogP contribution in [0, 0.1) is 11.8 Å². The van der Waals surface area contributed by atoms with Crippen molar-refractivity contribution >= 4 is 23.4 Å². The van der Waals surface area contributed by atoms with E-state index in [1.54, 1.807) is 0 Å². The number of carboxylic acids is 1. The van der Waals surface area contributed by atoms with Crippen LogP contribution in [0.1, 0.15) is 78.6 Å². The van der Waals surface area contributed by atoms with Crippen molar-refractivity contribution in [3.05, 3.63) is 34.4 Å². The maximum absolute atomic E-state index is 12.3. The second-order valence-electron chi connectivity index (χ2n) is 7.64. The fourth-order valence-corrected chi connectivity index (χ4v) is 3.51. The number of carboxylic acid groups (broad SMARTS) is 1. The zero-order chi connectivity index (χ0) is 19.5. The molecule has 2 unspecified atom stereocenters. The Morgan fingerprint density at radius 3 is 2.62 bits per heavy atom. The number of unbranched alkanes of at least 4 members (excludes halogenated alkanes) is 3. The molecular formula is C22H33ClO3. The Hall–Kier alpha value is -1.35. The summed E-state index contributed by atoms with van der Waals surface area (Å²) in [5.41, 5.74) is 2.20. The Morgan fingerprint density at radius 1 is 1.23 bits per heavy atom. The van der Waals surface area contributed by atoms with Gasteiger partial charge in [0.15, 0.2) is 5.78 Å². The highest BCUT2D eigenvalue weighted by molar-refractivity contribution is 6.46. The molecule has 0 aromatic rings. The van der Waals surface area contributed by atoms with Gasteiger partial charge in [0.05, 0.1) is 5.03 Å². The molecule has 0 aromatic heterocycles. The smallest absolute Gasteiger partial charge is 0.303 e. The van der Waals surface area contributed by atoms with Gasteiger partial charge in [-0.25, -0.2) is 0 Å². The maximum Gasteiger partial charge on any atom is 0.303 e. The molecule has 146 valence electrons. The Kier molecular flexibility index (Phi) is 10.6. The van der Waals surface area contributed by atoms with Gasteiger partial charge in [-0.3, -0.25) is 9.59 Å². The number of halogens is 1. The molecule has 1 rings (SSSR count). The van der Waals surface area contributed by atoms with Gasteiger partial charge in [-0.05, 0) is 64.7 Å². The van der Waals surface area contributed by atoms with Gasteiger partial charge < -0.3 is 5.11 Å². The topological polar surface area (TPSA) is 54.4 Å². The van der Waals surface area contributed by atoms with Crippen LogP contribution in [0.25, 0.3) is 0 Å². The molecule has 0 heterocycles. The summed E-state index contributed by atoms with van der Waals surface area (Å²) in [5.74, 6) is -0.00542. The van der Waals surface area contributed by atoms with Crippen molar-refractivity contribution in [1.82, 2.24) is 0 Å². The first-order chi connectivity index (χ1) is 12.3. The van der Waals surface area contributed by atoms with Crippen molar-refractivity contribution in [2.75, 3.05) is 0 Å². The summed E-state index contributed by atoms with van der Waals surface area (Å²) in [4.78, 5) is 22.8. The van der Waals surface area contributed by atoms with Crippen LogP contribution in [-0.4, -0.2) is 16.9 Å². The number of Topliss-reactive ketones (excluding diaryl/α,β-unsaturated/α-hetero) is 1. The molecule has 2 atom stereocenters. The number of hydrogen-bond donors (Lipinski definition) is 1. The summed E-state index contributed by atoms with van der Waals surface area (Å²) in [6.45, 7) is 6.52. The lowest BCUT2D eigenvalue weighted by Crippen LogP contribution is -2.06. The molecule has 0 saturated carbocycles. The number of carbonyl (C=O) groups excluding carboxylic acids is 1. The van der Waals surface area contributed by atoms with Gasteiger partial charge in [0, 0.05) is 17.9 Å². The predicted octanol–water partition coefficient (Wildman–Crippen LogP) is 6.43. The third kappa shape index (κ3) is 8.84. The van der Waals surface area contributed by atoms with Crippen LogP contribution in [0.2, 0.25) is 0 Å². The zero-order valence-electron chi connectivity index (χ0n) is 16.4. The van der Waals surface area contributed by atoms with Crippen molar-refractivity contribution in [3.8, 4) is 0 Å². The van der Waals surface area contributed by atoms with Gasteiger partial charge >= 0.3 is 5.97 Å². The minimum Gasteiger partial charge on any atom is -0.481 e. The Morgan fingerprint density at radius 2 is 1.96 bits per heavy atom. The summed E-state index contributed by atoms with van der Waals surface area (Å²) >= 11 is 6.08. The van der Waals surface area contributed by atoms with Crippen LogP contribution in [-0.2, 0) is 9.59 Å². The van der Waals surface area contributed by atoms with E-state index in [9.17, 15) is 9.59 Å². The average Bonchev–Trinajstić information content (AvgIpc) is 2.83. The van der Waals surface area contributed by atoms with Crippen LogP contribution in [0.15, 0.2) is 34.4 Å². The molecule has 0 bridgehead atoms. The highest BCUT2D eigenvalue weighted by Crippen LogP contribution is 2.34. The number of allylic oxidation sites excluding steroid dienone is 6. The number of aliphatic carboxylic acids is 1. The van der Waals surface area contributed by atoms with E-state index in [1.165, 1.54) is 12.0 Å². The lowest BCUT2D eigenvalue weighted by atomic mass is 9.90. The minimum atomic E-state index is -0.746. The number of rotatable bonds is 12. The van der Waals surface area contributed by atoms with Crippen molar-refractivity contribution in [2.24, 2.45) is 11.8 Å². The number of ketones is 1. The van der Waals surface area contributed by atoms with Gasteiger partial charge in [-0.1, -0.05) is 48.7 Å². The zero-order valence-corrected chi connectivity index (χ0v) is 17.1. The summed E-state index contributed by atoms with van der Waals surface area (Å²) < 4.78 is 0. The fraction of sp³-hybridized carbons (Fsp3) is 0.636. The molecule has 0 fully saturated rings. The van der Waals surface area contributed by atoms with Gasteiger partial charge in [0.2, 0.25) is 0 Å². The van der Waals surface area contributed by atoms with Crippen LogP contribution in [0.5, 0.6) is 0 Å². The van der Waals surface area contributed by atoms with E-state index >= 15 is 0 Å². The second kappa shape index (κ2) is 12.1. The van der Waals surface area contributed by atoms with E-state index in [0.29, 0.717) is 17.4 Å². The lowest BCUT2D eigenvalue weighted by molar-refractivity contribution is -0.137. The van der Waals surface area contributed by atoms with E-state index in [4.69, 9.17) is 16.7 Å². The Labute approximate surface area is 163 Å². The molecular weight excluding hydrogens is 348 g/mol. The van der Waals surface area contributed by atoms with Crippen LogP contribution in [0.4, 0.5) is 0 Å². The quantitative estimate of drug-likeness (QED) is 0.241. The highest BCUT2D eigenvalue weighted by Gasteiger charge is 2.28. The summed E-state index contributed by atoms with van der Waals surface area (Å²) in [5, 5.41) is 9.00. The number of hydrogen-bond acceptors (Lipinski definition) is 2.